The number of carbonyl (C=O) groups excluding carboxylic acids is 2. The standard InChI is InChI=1S/C24H23BrN4O5/c25-19-11-27-29-21(19)12-26-23(32)20(9-10-22(30)31)28-24(33)34-13-18-16-7-3-1-5-14(16)15-6-2-4-8-17(15)18/h1-8,11,18,20H,9-10,12-13H2,(H,26,32)(H,27,29)(H,28,33)(H,30,31). The van der Waals surface area contributed by atoms with Crippen molar-refractivity contribution in [1.29, 1.82) is 0 Å². The molecule has 1 atom stereocenters. The number of hydrogen-bond donors (Lipinski definition) is 4. The Kier molecular flexibility index (Phi) is 7.27. The highest BCUT2D eigenvalue weighted by molar-refractivity contribution is 9.10. The lowest BCUT2D eigenvalue weighted by molar-refractivity contribution is -0.137. The predicted molar refractivity (Wildman–Crippen MR) is 127 cm³/mol. The molecule has 1 aliphatic carbocycles. The Morgan fingerprint density at radius 3 is 2.32 bits per heavy atom. The van der Waals surface area contributed by atoms with Crippen LogP contribution in [0, 0.1) is 0 Å². The number of carbonyl (C=O) groups is 3. The number of carboxylic acid groups (broad SMARTS) is 1. The molecule has 0 aliphatic heterocycles. The average molecular weight is 527 g/mol. The van der Waals surface area contributed by atoms with E-state index in [2.05, 4.69) is 36.8 Å². The fourth-order valence-electron chi connectivity index (χ4n) is 4.04. The maximum Gasteiger partial charge on any atom is 0.407 e. The van der Waals surface area contributed by atoms with Crippen LogP contribution in [0.4, 0.5) is 4.79 Å². The second kappa shape index (κ2) is 10.5. The van der Waals surface area contributed by atoms with E-state index < -0.39 is 24.0 Å². The minimum Gasteiger partial charge on any atom is -0.481 e. The molecular formula is C24H23BrN4O5. The molecule has 2 amide bonds. The number of aliphatic carboxylic acids is 1. The van der Waals surface area contributed by atoms with Crippen LogP contribution in [0.15, 0.2) is 59.2 Å². The summed E-state index contributed by atoms with van der Waals surface area (Å²) in [5, 5.41) is 20.8. The van der Waals surface area contributed by atoms with Crippen LogP contribution >= 0.6 is 15.9 Å². The smallest absolute Gasteiger partial charge is 0.407 e. The van der Waals surface area contributed by atoms with Crippen molar-refractivity contribution < 1.29 is 24.2 Å². The first-order chi connectivity index (χ1) is 16.4. The topological polar surface area (TPSA) is 133 Å². The van der Waals surface area contributed by atoms with Crippen LogP contribution in [0.3, 0.4) is 0 Å². The summed E-state index contributed by atoms with van der Waals surface area (Å²) in [6.45, 7) is 0.226. The van der Waals surface area contributed by atoms with Crippen LogP contribution in [0.25, 0.3) is 11.1 Å². The third kappa shape index (κ3) is 5.28. The normalized spacial score (nSPS) is 13.0. The number of ether oxygens (including phenoxy) is 1. The zero-order chi connectivity index (χ0) is 24.1. The number of amides is 2. The largest absolute Gasteiger partial charge is 0.481 e. The van der Waals surface area contributed by atoms with Crippen molar-refractivity contribution in [3.63, 3.8) is 0 Å². The van der Waals surface area contributed by atoms with Gasteiger partial charge >= 0.3 is 12.1 Å². The number of carboxylic acids is 1. The Morgan fingerprint density at radius 2 is 1.74 bits per heavy atom. The molecule has 4 rings (SSSR count). The summed E-state index contributed by atoms with van der Waals surface area (Å²) in [6.07, 6.45) is 0.415. The molecule has 3 aromatic rings. The van der Waals surface area contributed by atoms with Crippen molar-refractivity contribution in [2.75, 3.05) is 6.61 Å². The Bertz CT molecular complexity index is 1170. The van der Waals surface area contributed by atoms with Gasteiger partial charge in [-0.3, -0.25) is 14.7 Å². The van der Waals surface area contributed by atoms with E-state index in [0.29, 0.717) is 10.2 Å². The number of aromatic nitrogens is 2. The van der Waals surface area contributed by atoms with E-state index in [1.807, 2.05) is 48.5 Å². The number of nitrogens with one attached hydrogen (secondary N) is 3. The van der Waals surface area contributed by atoms with E-state index in [0.717, 1.165) is 22.3 Å². The van der Waals surface area contributed by atoms with Gasteiger partial charge in [-0.25, -0.2) is 4.79 Å². The zero-order valence-corrected chi connectivity index (χ0v) is 19.7. The van der Waals surface area contributed by atoms with Crippen molar-refractivity contribution in [2.24, 2.45) is 0 Å². The number of aromatic amines is 1. The van der Waals surface area contributed by atoms with Crippen LogP contribution in [0.1, 0.15) is 35.6 Å². The number of rotatable bonds is 9. The van der Waals surface area contributed by atoms with E-state index in [-0.39, 0.29) is 31.9 Å². The lowest BCUT2D eigenvalue weighted by Gasteiger charge is -2.19. The van der Waals surface area contributed by atoms with Gasteiger partial charge in [-0.1, -0.05) is 48.5 Å². The highest BCUT2D eigenvalue weighted by atomic mass is 79.9. The molecule has 0 bridgehead atoms. The third-order valence-corrected chi connectivity index (χ3v) is 6.39. The number of alkyl carbamates (subject to hydrolysis) is 1. The summed E-state index contributed by atoms with van der Waals surface area (Å²) < 4.78 is 6.19. The quantitative estimate of drug-likeness (QED) is 0.336. The lowest BCUT2D eigenvalue weighted by Crippen LogP contribution is -2.47. The van der Waals surface area contributed by atoms with E-state index in [1.165, 1.54) is 0 Å². The molecule has 0 spiro atoms. The van der Waals surface area contributed by atoms with E-state index in [4.69, 9.17) is 9.84 Å². The Balaban J connectivity index is 1.39. The first kappa shape index (κ1) is 23.5. The molecule has 10 heteroatoms. The Hall–Kier alpha value is -3.66. The zero-order valence-electron chi connectivity index (χ0n) is 18.1. The second-order valence-electron chi connectivity index (χ2n) is 7.87. The highest BCUT2D eigenvalue weighted by Crippen LogP contribution is 2.44. The molecule has 1 heterocycles. The van der Waals surface area contributed by atoms with Gasteiger partial charge in [0, 0.05) is 12.3 Å². The number of hydrogen-bond acceptors (Lipinski definition) is 5. The van der Waals surface area contributed by atoms with Gasteiger partial charge in [-0.2, -0.15) is 5.10 Å². The van der Waals surface area contributed by atoms with Gasteiger partial charge in [0.25, 0.3) is 0 Å². The van der Waals surface area contributed by atoms with Crippen LogP contribution in [-0.4, -0.2) is 45.9 Å². The summed E-state index contributed by atoms with van der Waals surface area (Å²) in [5.41, 5.74) is 5.00. The van der Waals surface area contributed by atoms with Crippen molar-refractivity contribution in [3.05, 3.63) is 76.0 Å². The summed E-state index contributed by atoms with van der Waals surface area (Å²) in [4.78, 5) is 36.3. The molecule has 0 fully saturated rings. The maximum absolute atomic E-state index is 12.7. The van der Waals surface area contributed by atoms with Gasteiger partial charge < -0.3 is 20.5 Å². The summed E-state index contributed by atoms with van der Waals surface area (Å²) in [6, 6.07) is 14.9. The lowest BCUT2D eigenvalue weighted by atomic mass is 9.98. The minimum atomic E-state index is -1.07. The molecule has 0 radical (unpaired) electrons. The van der Waals surface area contributed by atoms with E-state index in [9.17, 15) is 14.4 Å². The molecule has 176 valence electrons. The Labute approximate surface area is 204 Å². The maximum atomic E-state index is 12.7. The van der Waals surface area contributed by atoms with Crippen LogP contribution in [0.2, 0.25) is 0 Å². The van der Waals surface area contributed by atoms with Gasteiger partial charge in [0.05, 0.1) is 22.9 Å². The number of fused-ring (bicyclic) bond motifs is 3. The fourth-order valence-corrected chi connectivity index (χ4v) is 4.37. The van der Waals surface area contributed by atoms with Gasteiger partial charge in [-0.05, 0) is 44.6 Å². The summed E-state index contributed by atoms with van der Waals surface area (Å²) in [7, 11) is 0. The van der Waals surface area contributed by atoms with E-state index in [1.54, 1.807) is 6.20 Å². The van der Waals surface area contributed by atoms with Crippen LogP contribution in [-0.2, 0) is 20.9 Å². The van der Waals surface area contributed by atoms with Crippen molar-refractivity contribution in [3.8, 4) is 11.1 Å². The first-order valence-corrected chi connectivity index (χ1v) is 11.5. The van der Waals surface area contributed by atoms with Gasteiger partial charge in [-0.15, -0.1) is 0 Å². The molecule has 0 saturated carbocycles. The summed E-state index contributed by atoms with van der Waals surface area (Å²) in [5.74, 6) is -1.71. The minimum absolute atomic E-state index is 0.0739. The van der Waals surface area contributed by atoms with Crippen LogP contribution < -0.4 is 10.6 Å². The molecule has 1 aliphatic rings. The molecule has 2 aromatic carbocycles. The molecule has 1 aromatic heterocycles. The van der Waals surface area contributed by atoms with Crippen molar-refractivity contribution in [2.45, 2.75) is 31.3 Å². The molecule has 0 saturated heterocycles. The molecule has 34 heavy (non-hydrogen) atoms. The number of H-pyrrole nitrogens is 1. The number of halogens is 1. The summed E-state index contributed by atoms with van der Waals surface area (Å²) >= 11 is 3.31. The number of nitrogens with zero attached hydrogens (tertiary/aromatic N) is 1. The van der Waals surface area contributed by atoms with Gasteiger partial charge in [0.15, 0.2) is 0 Å². The fraction of sp³-hybridized carbons (Fsp3) is 0.250. The number of benzene rings is 2. The SMILES string of the molecule is O=C(O)CCC(NC(=O)OCC1c2ccccc2-c2ccccc21)C(=O)NCc1[nH]ncc1Br. The van der Waals surface area contributed by atoms with Crippen LogP contribution in [0.5, 0.6) is 0 Å². The second-order valence-corrected chi connectivity index (χ2v) is 8.72. The van der Waals surface area contributed by atoms with Crippen molar-refractivity contribution >= 4 is 33.9 Å². The molecule has 9 nitrogen and oxygen atoms in total. The molecular weight excluding hydrogens is 504 g/mol. The van der Waals surface area contributed by atoms with Crippen molar-refractivity contribution in [1.82, 2.24) is 20.8 Å². The molecule has 4 N–H and O–H groups in total. The monoisotopic (exact) mass is 526 g/mol. The molecule has 1 unspecified atom stereocenters. The first-order valence-electron chi connectivity index (χ1n) is 10.7. The highest BCUT2D eigenvalue weighted by Gasteiger charge is 2.30. The Morgan fingerprint density at radius 1 is 1.09 bits per heavy atom. The van der Waals surface area contributed by atoms with Gasteiger partial charge in [0.2, 0.25) is 5.91 Å². The van der Waals surface area contributed by atoms with Gasteiger partial charge in [0.1, 0.15) is 12.6 Å². The predicted octanol–water partition coefficient (Wildman–Crippen LogP) is 3.56. The third-order valence-electron chi connectivity index (χ3n) is 5.70. The average Bonchev–Trinajstić information content (AvgIpc) is 3.39. The van der Waals surface area contributed by atoms with E-state index >= 15 is 0 Å².